The summed E-state index contributed by atoms with van der Waals surface area (Å²) in [5.41, 5.74) is 6.14. The van der Waals surface area contributed by atoms with Crippen LogP contribution in [0.25, 0.3) is 0 Å². The fourth-order valence-electron chi connectivity index (χ4n) is 2.65. The lowest BCUT2D eigenvalue weighted by Crippen LogP contribution is -2.39. The van der Waals surface area contributed by atoms with Crippen LogP contribution in [0.15, 0.2) is 29.2 Å². The van der Waals surface area contributed by atoms with E-state index >= 15 is 0 Å². The van der Waals surface area contributed by atoms with Gasteiger partial charge in [0.1, 0.15) is 0 Å². The van der Waals surface area contributed by atoms with Crippen LogP contribution in [0.4, 0.5) is 5.69 Å². The minimum Gasteiger partial charge on any atom is -0.330 e. The highest BCUT2D eigenvalue weighted by Gasteiger charge is 2.28. The van der Waals surface area contributed by atoms with E-state index in [1.54, 1.807) is 36.2 Å². The van der Waals surface area contributed by atoms with Gasteiger partial charge in [-0.25, -0.2) is 12.7 Å². The zero-order valence-corrected chi connectivity index (χ0v) is 14.8. The molecule has 1 aliphatic heterocycles. The molecule has 7 heteroatoms. The maximum absolute atomic E-state index is 12.6. The van der Waals surface area contributed by atoms with Crippen molar-refractivity contribution in [2.24, 2.45) is 11.1 Å². The lowest BCUT2D eigenvalue weighted by Gasteiger charge is -2.28. The lowest BCUT2D eigenvalue weighted by atomic mass is 9.94. The van der Waals surface area contributed by atoms with Gasteiger partial charge in [0.05, 0.1) is 4.90 Å². The Morgan fingerprint density at radius 3 is 2.35 bits per heavy atom. The van der Waals surface area contributed by atoms with Crippen LogP contribution < -0.4 is 10.6 Å². The Hall–Kier alpha value is -1.44. The molecule has 6 nitrogen and oxygen atoms in total. The SMILES string of the molecule is CN(CC(C)(C)CN)S(=O)(=O)c1ccc(N2CCCC2=O)cc1. The first-order valence-electron chi connectivity index (χ1n) is 7.74. The van der Waals surface area contributed by atoms with Crippen LogP contribution in [0.2, 0.25) is 0 Å². The van der Waals surface area contributed by atoms with Crippen LogP contribution in [0.3, 0.4) is 0 Å². The third kappa shape index (κ3) is 3.91. The number of amides is 1. The van der Waals surface area contributed by atoms with Gasteiger partial charge in [-0.05, 0) is 42.6 Å². The monoisotopic (exact) mass is 339 g/mol. The number of rotatable bonds is 6. The summed E-state index contributed by atoms with van der Waals surface area (Å²) in [5, 5.41) is 0. The molecule has 0 bridgehead atoms. The van der Waals surface area contributed by atoms with Crippen LogP contribution in [0.5, 0.6) is 0 Å². The number of hydrogen-bond acceptors (Lipinski definition) is 4. The molecule has 2 rings (SSSR count). The summed E-state index contributed by atoms with van der Waals surface area (Å²) in [6, 6.07) is 6.50. The first-order chi connectivity index (χ1) is 10.7. The Morgan fingerprint density at radius 1 is 1.26 bits per heavy atom. The molecule has 1 aliphatic rings. The summed E-state index contributed by atoms with van der Waals surface area (Å²) in [5.74, 6) is 0.0856. The van der Waals surface area contributed by atoms with Crippen molar-refractivity contribution >= 4 is 21.6 Å². The van der Waals surface area contributed by atoms with Crippen LogP contribution in [0.1, 0.15) is 26.7 Å². The Morgan fingerprint density at radius 2 is 1.87 bits per heavy atom. The third-order valence-corrected chi connectivity index (χ3v) is 5.95. The second-order valence-corrected chi connectivity index (χ2v) is 8.82. The molecular weight excluding hydrogens is 314 g/mol. The predicted octanol–water partition coefficient (Wildman–Crippen LogP) is 1.42. The second kappa shape index (κ2) is 6.59. The van der Waals surface area contributed by atoms with Crippen molar-refractivity contribution in [3.63, 3.8) is 0 Å². The van der Waals surface area contributed by atoms with Crippen molar-refractivity contribution in [1.82, 2.24) is 4.31 Å². The van der Waals surface area contributed by atoms with Gasteiger partial charge in [-0.1, -0.05) is 13.8 Å². The smallest absolute Gasteiger partial charge is 0.242 e. The zero-order valence-electron chi connectivity index (χ0n) is 13.9. The molecule has 0 aliphatic carbocycles. The Bertz CT molecular complexity index is 668. The molecule has 0 spiro atoms. The minimum absolute atomic E-state index is 0.0856. The summed E-state index contributed by atoms with van der Waals surface area (Å²) in [4.78, 5) is 13.7. The van der Waals surface area contributed by atoms with Crippen molar-refractivity contribution in [1.29, 1.82) is 0 Å². The minimum atomic E-state index is -3.56. The van der Waals surface area contributed by atoms with E-state index < -0.39 is 10.0 Å². The summed E-state index contributed by atoms with van der Waals surface area (Å²) in [6.45, 7) is 5.30. The summed E-state index contributed by atoms with van der Waals surface area (Å²) in [7, 11) is -2.00. The lowest BCUT2D eigenvalue weighted by molar-refractivity contribution is -0.117. The predicted molar refractivity (Wildman–Crippen MR) is 90.7 cm³/mol. The quantitative estimate of drug-likeness (QED) is 0.849. The van der Waals surface area contributed by atoms with Gasteiger partial charge in [-0.2, -0.15) is 0 Å². The van der Waals surface area contributed by atoms with Gasteiger partial charge in [-0.3, -0.25) is 4.79 Å². The number of anilines is 1. The third-order valence-electron chi connectivity index (χ3n) is 4.13. The average Bonchev–Trinajstić information content (AvgIpc) is 2.93. The van der Waals surface area contributed by atoms with Crippen molar-refractivity contribution in [2.45, 2.75) is 31.6 Å². The molecule has 0 atom stereocenters. The van der Waals surface area contributed by atoms with Gasteiger partial charge in [-0.15, -0.1) is 0 Å². The summed E-state index contributed by atoms with van der Waals surface area (Å²) >= 11 is 0. The average molecular weight is 339 g/mol. The Kier molecular flexibility index (Phi) is 5.13. The highest BCUT2D eigenvalue weighted by atomic mass is 32.2. The van der Waals surface area contributed by atoms with Crippen molar-refractivity contribution in [2.75, 3.05) is 31.6 Å². The number of nitrogens with zero attached hydrogens (tertiary/aromatic N) is 2. The fourth-order valence-corrected chi connectivity index (χ4v) is 4.01. The molecule has 0 saturated carbocycles. The standard InChI is InChI=1S/C16H25N3O3S/c1-16(2,11-17)12-18(3)23(21,22)14-8-6-13(7-9-14)19-10-4-5-15(19)20/h6-9H,4-5,10-12,17H2,1-3H3. The molecule has 1 aromatic carbocycles. The molecule has 23 heavy (non-hydrogen) atoms. The van der Waals surface area contributed by atoms with E-state index in [0.717, 1.165) is 12.1 Å². The Balaban J connectivity index is 2.19. The molecule has 0 aromatic heterocycles. The number of sulfonamides is 1. The summed E-state index contributed by atoms with van der Waals surface area (Å²) < 4.78 is 26.6. The van der Waals surface area contributed by atoms with Gasteiger partial charge < -0.3 is 10.6 Å². The van der Waals surface area contributed by atoms with Gasteiger partial charge in [0, 0.05) is 32.2 Å². The Labute approximate surface area is 138 Å². The van der Waals surface area contributed by atoms with E-state index in [4.69, 9.17) is 5.73 Å². The largest absolute Gasteiger partial charge is 0.330 e. The maximum Gasteiger partial charge on any atom is 0.242 e. The second-order valence-electron chi connectivity index (χ2n) is 6.77. The molecule has 1 saturated heterocycles. The fraction of sp³-hybridized carbons (Fsp3) is 0.562. The number of carbonyl (C=O) groups excluding carboxylic acids is 1. The summed E-state index contributed by atoms with van der Waals surface area (Å²) in [6.07, 6.45) is 1.40. The molecule has 2 N–H and O–H groups in total. The molecule has 1 aromatic rings. The molecule has 1 fully saturated rings. The van der Waals surface area contributed by atoms with E-state index in [9.17, 15) is 13.2 Å². The molecular formula is C16H25N3O3S. The highest BCUT2D eigenvalue weighted by Crippen LogP contribution is 2.25. The number of carbonyl (C=O) groups is 1. The van der Waals surface area contributed by atoms with Crippen LogP contribution in [-0.4, -0.2) is 45.3 Å². The van der Waals surface area contributed by atoms with Gasteiger partial charge in [0.25, 0.3) is 0 Å². The molecule has 0 radical (unpaired) electrons. The van der Waals surface area contributed by atoms with Crippen molar-refractivity contribution < 1.29 is 13.2 Å². The van der Waals surface area contributed by atoms with Crippen molar-refractivity contribution in [3.05, 3.63) is 24.3 Å². The van der Waals surface area contributed by atoms with Crippen molar-refractivity contribution in [3.8, 4) is 0 Å². The van der Waals surface area contributed by atoms with E-state index in [2.05, 4.69) is 0 Å². The van der Waals surface area contributed by atoms with Gasteiger partial charge >= 0.3 is 0 Å². The van der Waals surface area contributed by atoms with Gasteiger partial charge in [0.15, 0.2) is 0 Å². The topological polar surface area (TPSA) is 83.7 Å². The van der Waals surface area contributed by atoms with Crippen LogP contribution >= 0.6 is 0 Å². The zero-order chi connectivity index (χ0) is 17.3. The van der Waals surface area contributed by atoms with E-state index in [0.29, 0.717) is 26.1 Å². The van der Waals surface area contributed by atoms with Crippen LogP contribution in [0, 0.1) is 5.41 Å². The molecule has 128 valence electrons. The molecule has 0 unspecified atom stereocenters. The number of nitrogens with two attached hydrogens (primary N) is 1. The van der Waals surface area contributed by atoms with E-state index in [1.807, 2.05) is 13.8 Å². The maximum atomic E-state index is 12.6. The first kappa shape index (κ1) is 17.9. The van der Waals surface area contributed by atoms with E-state index in [1.165, 1.54) is 4.31 Å². The normalized spacial score (nSPS) is 16.4. The number of benzene rings is 1. The van der Waals surface area contributed by atoms with Gasteiger partial charge in [0.2, 0.25) is 15.9 Å². The number of hydrogen-bond donors (Lipinski definition) is 1. The highest BCUT2D eigenvalue weighted by molar-refractivity contribution is 7.89. The molecule has 1 heterocycles. The first-order valence-corrected chi connectivity index (χ1v) is 9.18. The van der Waals surface area contributed by atoms with Crippen LogP contribution in [-0.2, 0) is 14.8 Å². The molecule has 1 amide bonds. The van der Waals surface area contributed by atoms with E-state index in [-0.39, 0.29) is 16.2 Å².